The van der Waals surface area contributed by atoms with E-state index >= 15 is 0 Å². The number of non-ortho nitro benzene ring substituents is 1. The number of amides is 1. The van der Waals surface area contributed by atoms with Crippen LogP contribution in [0.2, 0.25) is 5.02 Å². The Morgan fingerprint density at radius 3 is 2.81 bits per heavy atom. The minimum Gasteiger partial charge on any atom is -0.477 e. The molecule has 1 amide bonds. The highest BCUT2D eigenvalue weighted by Crippen LogP contribution is 2.41. The molecule has 0 bridgehead atoms. The number of halogens is 1. The number of para-hydroxylation sites is 2. The monoisotopic (exact) mass is 375 g/mol. The fraction of sp³-hybridized carbons (Fsp3) is 0.278. The van der Waals surface area contributed by atoms with Gasteiger partial charge in [0.1, 0.15) is 5.75 Å². The number of rotatable bonds is 5. The standard InChI is InChI=1S/C18H18ClN3O4/c1-2-9-20-18(23)17-11-21(15-5-3-4-6-16(15)26-17)14-8-7-12(22(24)25)10-13(14)19/h3-8,10,17H,2,9,11H2,1H3,(H,20,23)/t17-/m1/s1. The van der Waals surface area contributed by atoms with Gasteiger partial charge in [-0.1, -0.05) is 30.7 Å². The Morgan fingerprint density at radius 2 is 2.12 bits per heavy atom. The van der Waals surface area contributed by atoms with E-state index in [4.69, 9.17) is 16.3 Å². The number of carbonyl (C=O) groups excluding carboxylic acids is 1. The first-order valence-electron chi connectivity index (χ1n) is 8.26. The summed E-state index contributed by atoms with van der Waals surface area (Å²) >= 11 is 6.30. The van der Waals surface area contributed by atoms with E-state index in [1.54, 1.807) is 12.1 Å². The van der Waals surface area contributed by atoms with Gasteiger partial charge in [-0.25, -0.2) is 0 Å². The first-order valence-corrected chi connectivity index (χ1v) is 8.64. The second kappa shape index (κ2) is 7.61. The lowest BCUT2D eigenvalue weighted by atomic mass is 10.1. The molecule has 8 heteroatoms. The van der Waals surface area contributed by atoms with Crippen molar-refractivity contribution >= 4 is 34.6 Å². The molecule has 1 aliphatic rings. The van der Waals surface area contributed by atoms with Crippen LogP contribution in [0.5, 0.6) is 5.75 Å². The zero-order valence-electron chi connectivity index (χ0n) is 14.1. The maximum atomic E-state index is 12.4. The number of ether oxygens (including phenoxy) is 1. The lowest BCUT2D eigenvalue weighted by Crippen LogP contribution is -2.47. The Bertz CT molecular complexity index is 843. The van der Waals surface area contributed by atoms with Gasteiger partial charge in [-0.15, -0.1) is 0 Å². The fourth-order valence-electron chi connectivity index (χ4n) is 2.79. The second-order valence-corrected chi connectivity index (χ2v) is 6.28. The van der Waals surface area contributed by atoms with E-state index in [0.29, 0.717) is 18.0 Å². The maximum absolute atomic E-state index is 12.4. The van der Waals surface area contributed by atoms with Gasteiger partial charge in [-0.2, -0.15) is 0 Å². The van der Waals surface area contributed by atoms with E-state index in [2.05, 4.69) is 5.32 Å². The third-order valence-corrected chi connectivity index (χ3v) is 4.35. The molecule has 1 heterocycles. The zero-order chi connectivity index (χ0) is 18.7. The molecule has 1 N–H and O–H groups in total. The molecule has 3 rings (SSSR count). The number of fused-ring (bicyclic) bond motifs is 1. The number of nitrogens with zero attached hydrogens (tertiary/aromatic N) is 2. The third kappa shape index (κ3) is 3.57. The van der Waals surface area contributed by atoms with E-state index in [1.807, 2.05) is 30.0 Å². The Labute approximate surface area is 155 Å². The predicted molar refractivity (Wildman–Crippen MR) is 99.3 cm³/mol. The molecule has 1 atom stereocenters. The predicted octanol–water partition coefficient (Wildman–Crippen LogP) is 3.67. The molecule has 2 aromatic rings. The van der Waals surface area contributed by atoms with Crippen molar-refractivity contribution in [2.75, 3.05) is 18.0 Å². The minimum absolute atomic E-state index is 0.0856. The van der Waals surface area contributed by atoms with Crippen LogP contribution in [0.1, 0.15) is 13.3 Å². The maximum Gasteiger partial charge on any atom is 0.271 e. The summed E-state index contributed by atoms with van der Waals surface area (Å²) in [6, 6.07) is 11.6. The van der Waals surface area contributed by atoms with E-state index in [-0.39, 0.29) is 23.2 Å². The first kappa shape index (κ1) is 18.0. The van der Waals surface area contributed by atoms with Crippen molar-refractivity contribution in [3.63, 3.8) is 0 Å². The van der Waals surface area contributed by atoms with Crippen molar-refractivity contribution < 1.29 is 14.5 Å². The van der Waals surface area contributed by atoms with Gasteiger partial charge in [0.2, 0.25) is 0 Å². The Balaban J connectivity index is 1.97. The number of nitro groups is 1. The van der Waals surface area contributed by atoms with Gasteiger partial charge < -0.3 is 15.0 Å². The van der Waals surface area contributed by atoms with Crippen molar-refractivity contribution in [3.8, 4) is 5.75 Å². The lowest BCUT2D eigenvalue weighted by Gasteiger charge is -2.36. The van der Waals surface area contributed by atoms with Crippen LogP contribution < -0.4 is 15.0 Å². The number of nitrogens with one attached hydrogen (secondary N) is 1. The van der Waals surface area contributed by atoms with Crippen LogP contribution in [0.3, 0.4) is 0 Å². The van der Waals surface area contributed by atoms with Gasteiger partial charge in [0.25, 0.3) is 11.6 Å². The molecule has 0 spiro atoms. The molecule has 0 fully saturated rings. The van der Waals surface area contributed by atoms with Crippen LogP contribution in [0.4, 0.5) is 17.1 Å². The molecule has 26 heavy (non-hydrogen) atoms. The van der Waals surface area contributed by atoms with Crippen molar-refractivity contribution in [2.45, 2.75) is 19.4 Å². The van der Waals surface area contributed by atoms with Gasteiger partial charge >= 0.3 is 0 Å². The summed E-state index contributed by atoms with van der Waals surface area (Å²) in [7, 11) is 0. The average Bonchev–Trinajstić information content (AvgIpc) is 2.65. The molecule has 1 aliphatic heterocycles. The molecular weight excluding hydrogens is 358 g/mol. The summed E-state index contributed by atoms with van der Waals surface area (Å²) < 4.78 is 5.84. The van der Waals surface area contributed by atoms with E-state index in [0.717, 1.165) is 12.1 Å². The highest BCUT2D eigenvalue weighted by Gasteiger charge is 2.32. The lowest BCUT2D eigenvalue weighted by molar-refractivity contribution is -0.384. The quantitative estimate of drug-likeness (QED) is 0.636. The SMILES string of the molecule is CCCNC(=O)[C@H]1CN(c2ccc([N+](=O)[O-])cc2Cl)c2ccccc2O1. The third-order valence-electron chi connectivity index (χ3n) is 4.05. The van der Waals surface area contributed by atoms with E-state index < -0.39 is 11.0 Å². The van der Waals surface area contributed by atoms with Crippen LogP contribution in [0, 0.1) is 10.1 Å². The number of carbonyl (C=O) groups is 1. The molecule has 0 saturated carbocycles. The van der Waals surface area contributed by atoms with Crippen molar-refractivity contribution in [1.29, 1.82) is 0 Å². The van der Waals surface area contributed by atoms with Gasteiger partial charge in [0.05, 0.1) is 27.9 Å². The summed E-state index contributed by atoms with van der Waals surface area (Å²) in [6.07, 6.45) is 0.121. The Morgan fingerprint density at radius 1 is 1.35 bits per heavy atom. The van der Waals surface area contributed by atoms with Gasteiger partial charge in [0.15, 0.2) is 6.10 Å². The Kier molecular flexibility index (Phi) is 5.27. The molecule has 136 valence electrons. The van der Waals surface area contributed by atoms with E-state index in [1.165, 1.54) is 12.1 Å². The van der Waals surface area contributed by atoms with Crippen LogP contribution in [-0.2, 0) is 4.79 Å². The highest BCUT2D eigenvalue weighted by molar-refractivity contribution is 6.33. The summed E-state index contributed by atoms with van der Waals surface area (Å²) in [6.45, 7) is 2.79. The smallest absolute Gasteiger partial charge is 0.271 e. The molecule has 0 unspecified atom stereocenters. The molecule has 0 aliphatic carbocycles. The number of hydrogen-bond donors (Lipinski definition) is 1. The number of anilines is 2. The molecule has 7 nitrogen and oxygen atoms in total. The zero-order valence-corrected chi connectivity index (χ0v) is 14.9. The molecule has 0 radical (unpaired) electrons. The highest BCUT2D eigenvalue weighted by atomic mass is 35.5. The molecular formula is C18H18ClN3O4. The number of benzene rings is 2. The van der Waals surface area contributed by atoms with Crippen LogP contribution in [-0.4, -0.2) is 30.0 Å². The average molecular weight is 376 g/mol. The van der Waals surface area contributed by atoms with Crippen LogP contribution in [0.25, 0.3) is 0 Å². The van der Waals surface area contributed by atoms with Crippen LogP contribution in [0.15, 0.2) is 42.5 Å². The molecule has 0 aromatic heterocycles. The second-order valence-electron chi connectivity index (χ2n) is 5.87. The number of nitro benzene ring substituents is 1. The Hall–Kier alpha value is -2.80. The van der Waals surface area contributed by atoms with Crippen molar-refractivity contribution in [1.82, 2.24) is 5.32 Å². The fourth-order valence-corrected chi connectivity index (χ4v) is 3.07. The van der Waals surface area contributed by atoms with Gasteiger partial charge in [-0.05, 0) is 24.6 Å². The van der Waals surface area contributed by atoms with Gasteiger partial charge in [0, 0.05) is 18.7 Å². The minimum atomic E-state index is -0.706. The van der Waals surface area contributed by atoms with Crippen molar-refractivity contribution in [2.24, 2.45) is 0 Å². The van der Waals surface area contributed by atoms with E-state index in [9.17, 15) is 14.9 Å². The van der Waals surface area contributed by atoms with Gasteiger partial charge in [-0.3, -0.25) is 14.9 Å². The van der Waals surface area contributed by atoms with Crippen molar-refractivity contribution in [3.05, 3.63) is 57.6 Å². The van der Waals surface area contributed by atoms with Crippen LogP contribution >= 0.6 is 11.6 Å². The first-order chi connectivity index (χ1) is 12.5. The summed E-state index contributed by atoms with van der Waals surface area (Å²) in [5.74, 6) is 0.356. The largest absolute Gasteiger partial charge is 0.477 e. The summed E-state index contributed by atoms with van der Waals surface area (Å²) in [5.41, 5.74) is 1.25. The molecule has 2 aromatic carbocycles. The summed E-state index contributed by atoms with van der Waals surface area (Å²) in [5, 5.41) is 14.0. The topological polar surface area (TPSA) is 84.7 Å². The molecule has 0 saturated heterocycles. The number of hydrogen-bond acceptors (Lipinski definition) is 5. The normalized spacial score (nSPS) is 15.8. The summed E-state index contributed by atoms with van der Waals surface area (Å²) in [4.78, 5) is 24.7.